The number of ether oxygens (including phenoxy) is 2. The number of rotatable bonds is 5. The van der Waals surface area contributed by atoms with Gasteiger partial charge in [0.2, 0.25) is 5.95 Å². The summed E-state index contributed by atoms with van der Waals surface area (Å²) in [5.41, 5.74) is 14.2. The fraction of sp³-hybridized carbons (Fsp3) is 0.167. The molecule has 7 heteroatoms. The second-order valence-electron chi connectivity index (χ2n) is 5.42. The summed E-state index contributed by atoms with van der Waals surface area (Å²) in [6.45, 7) is 0. The maximum absolute atomic E-state index is 6.07. The van der Waals surface area contributed by atoms with Gasteiger partial charge in [0.1, 0.15) is 17.2 Å². The molecule has 0 fully saturated rings. The normalized spacial score (nSPS) is 10.7. The average Bonchev–Trinajstić information content (AvgIpc) is 2.65. The highest BCUT2D eigenvalue weighted by Gasteiger charge is 2.22. The van der Waals surface area contributed by atoms with E-state index >= 15 is 0 Å². The van der Waals surface area contributed by atoms with E-state index in [1.807, 2.05) is 48.5 Å². The molecule has 1 aromatic heterocycles. The van der Waals surface area contributed by atoms with Gasteiger partial charge in [0, 0.05) is 0 Å². The first-order chi connectivity index (χ1) is 12.1. The number of anilines is 2. The van der Waals surface area contributed by atoms with Crippen LogP contribution in [0.5, 0.6) is 11.5 Å². The molecule has 1 heterocycles. The Hall–Kier alpha value is -3.35. The van der Waals surface area contributed by atoms with E-state index in [-0.39, 0.29) is 17.7 Å². The maximum atomic E-state index is 6.07. The number of hydrogen-bond donors (Lipinski definition) is 2. The molecule has 0 atom stereocenters. The van der Waals surface area contributed by atoms with E-state index in [0.717, 1.165) is 22.6 Å². The van der Waals surface area contributed by atoms with Crippen molar-refractivity contribution >= 4 is 11.8 Å². The molecule has 0 spiro atoms. The van der Waals surface area contributed by atoms with Gasteiger partial charge < -0.3 is 20.9 Å². The average molecular weight is 337 g/mol. The van der Waals surface area contributed by atoms with Crippen molar-refractivity contribution in [2.24, 2.45) is 0 Å². The first-order valence-corrected chi connectivity index (χ1v) is 7.66. The zero-order valence-corrected chi connectivity index (χ0v) is 14.0. The van der Waals surface area contributed by atoms with Gasteiger partial charge in [-0.2, -0.15) is 4.98 Å². The maximum Gasteiger partial charge on any atom is 0.242 e. The molecule has 0 saturated heterocycles. The van der Waals surface area contributed by atoms with Crippen LogP contribution in [0, 0.1) is 0 Å². The van der Waals surface area contributed by atoms with E-state index < -0.39 is 0 Å². The minimum absolute atomic E-state index is 0.0458. The van der Waals surface area contributed by atoms with Crippen LogP contribution in [-0.4, -0.2) is 29.4 Å². The Bertz CT molecular complexity index is 803. The Kier molecular flexibility index (Phi) is 4.65. The van der Waals surface area contributed by atoms with E-state index in [0.29, 0.717) is 5.69 Å². The summed E-state index contributed by atoms with van der Waals surface area (Å²) in [6.07, 6.45) is 0. The Morgan fingerprint density at radius 2 is 1.24 bits per heavy atom. The highest BCUT2D eigenvalue weighted by Crippen LogP contribution is 2.34. The van der Waals surface area contributed by atoms with Gasteiger partial charge in [-0.15, -0.1) is 10.2 Å². The smallest absolute Gasteiger partial charge is 0.242 e. The lowest BCUT2D eigenvalue weighted by Gasteiger charge is -2.19. The van der Waals surface area contributed by atoms with Crippen LogP contribution in [0.4, 0.5) is 11.8 Å². The van der Waals surface area contributed by atoms with Gasteiger partial charge in [0.05, 0.1) is 20.1 Å². The van der Waals surface area contributed by atoms with Crippen LogP contribution in [0.15, 0.2) is 48.5 Å². The molecule has 0 aliphatic heterocycles. The Morgan fingerprint density at radius 3 is 1.64 bits per heavy atom. The number of nitrogens with zero attached hydrogens (tertiary/aromatic N) is 3. The van der Waals surface area contributed by atoms with Gasteiger partial charge in [-0.25, -0.2) is 0 Å². The zero-order chi connectivity index (χ0) is 17.8. The zero-order valence-electron chi connectivity index (χ0n) is 14.0. The topological polar surface area (TPSA) is 109 Å². The van der Waals surface area contributed by atoms with E-state index in [1.54, 1.807) is 14.2 Å². The van der Waals surface area contributed by atoms with Crippen LogP contribution in [0.1, 0.15) is 22.7 Å². The van der Waals surface area contributed by atoms with Crippen LogP contribution in [0.2, 0.25) is 0 Å². The molecule has 0 bridgehead atoms. The number of nitrogen functional groups attached to an aromatic ring is 2. The van der Waals surface area contributed by atoms with Gasteiger partial charge in [0.15, 0.2) is 5.82 Å². The molecule has 0 unspecified atom stereocenters. The molecular weight excluding hydrogens is 318 g/mol. The summed E-state index contributed by atoms with van der Waals surface area (Å²) in [7, 11) is 3.26. The summed E-state index contributed by atoms with van der Waals surface area (Å²) in [6, 6.07) is 15.4. The molecule has 3 rings (SSSR count). The summed E-state index contributed by atoms with van der Waals surface area (Å²) in [5, 5.41) is 8.06. The van der Waals surface area contributed by atoms with Crippen LogP contribution in [0.25, 0.3) is 0 Å². The lowest BCUT2D eigenvalue weighted by atomic mass is 9.88. The molecule has 128 valence electrons. The van der Waals surface area contributed by atoms with Gasteiger partial charge in [-0.1, -0.05) is 24.3 Å². The van der Waals surface area contributed by atoms with E-state index in [1.165, 1.54) is 0 Å². The van der Waals surface area contributed by atoms with Gasteiger partial charge in [0.25, 0.3) is 0 Å². The lowest BCUT2D eigenvalue weighted by Crippen LogP contribution is -2.13. The molecule has 0 amide bonds. The van der Waals surface area contributed by atoms with Crippen molar-refractivity contribution in [2.75, 3.05) is 25.7 Å². The van der Waals surface area contributed by atoms with Crippen LogP contribution >= 0.6 is 0 Å². The summed E-state index contributed by atoms with van der Waals surface area (Å²) in [4.78, 5) is 4.05. The quantitative estimate of drug-likeness (QED) is 0.734. The molecule has 0 aliphatic rings. The standard InChI is InChI=1S/C18H19N5O2/c1-24-13-7-3-11(4-8-13)15(12-5-9-14(25-2)10-6-12)16-17(19)21-18(20)23-22-16/h3-10,15H,1-2H3,(H4,19,20,21,23). The molecule has 25 heavy (non-hydrogen) atoms. The molecule has 0 aliphatic carbocycles. The third-order valence-electron chi connectivity index (χ3n) is 3.93. The first kappa shape index (κ1) is 16.5. The molecule has 3 aromatic rings. The summed E-state index contributed by atoms with van der Waals surface area (Å²) < 4.78 is 10.5. The highest BCUT2D eigenvalue weighted by molar-refractivity contribution is 5.50. The molecule has 4 N–H and O–H groups in total. The third-order valence-corrected chi connectivity index (χ3v) is 3.93. The minimum Gasteiger partial charge on any atom is -0.497 e. The Labute approximate surface area is 145 Å². The highest BCUT2D eigenvalue weighted by atomic mass is 16.5. The fourth-order valence-electron chi connectivity index (χ4n) is 2.67. The number of benzene rings is 2. The first-order valence-electron chi connectivity index (χ1n) is 7.66. The monoisotopic (exact) mass is 337 g/mol. The van der Waals surface area contributed by atoms with Crippen molar-refractivity contribution in [3.63, 3.8) is 0 Å². The SMILES string of the molecule is COc1ccc(C(c2ccc(OC)cc2)c2nnc(N)nc2N)cc1. The second kappa shape index (κ2) is 7.04. The number of nitrogens with two attached hydrogens (primary N) is 2. The predicted molar refractivity (Wildman–Crippen MR) is 95.6 cm³/mol. The van der Waals surface area contributed by atoms with E-state index in [2.05, 4.69) is 15.2 Å². The van der Waals surface area contributed by atoms with Crippen molar-refractivity contribution < 1.29 is 9.47 Å². The van der Waals surface area contributed by atoms with Gasteiger partial charge in [-0.3, -0.25) is 0 Å². The Balaban J connectivity index is 2.12. The molecule has 2 aromatic carbocycles. The lowest BCUT2D eigenvalue weighted by molar-refractivity contribution is 0.414. The minimum atomic E-state index is -0.239. The van der Waals surface area contributed by atoms with Crippen molar-refractivity contribution in [2.45, 2.75) is 5.92 Å². The van der Waals surface area contributed by atoms with Crippen molar-refractivity contribution in [1.82, 2.24) is 15.2 Å². The summed E-state index contributed by atoms with van der Waals surface area (Å²) >= 11 is 0. The van der Waals surface area contributed by atoms with Crippen LogP contribution < -0.4 is 20.9 Å². The predicted octanol–water partition coefficient (Wildman–Crippen LogP) is 2.23. The Morgan fingerprint density at radius 1 is 0.760 bits per heavy atom. The molecule has 7 nitrogen and oxygen atoms in total. The van der Waals surface area contributed by atoms with Crippen molar-refractivity contribution in [3.8, 4) is 11.5 Å². The summed E-state index contributed by atoms with van der Waals surface area (Å²) in [5.74, 6) is 1.60. The van der Waals surface area contributed by atoms with Crippen molar-refractivity contribution in [3.05, 3.63) is 65.4 Å². The van der Waals surface area contributed by atoms with Crippen molar-refractivity contribution in [1.29, 1.82) is 0 Å². The van der Waals surface area contributed by atoms with E-state index in [9.17, 15) is 0 Å². The van der Waals surface area contributed by atoms with Gasteiger partial charge in [-0.05, 0) is 35.4 Å². The fourth-order valence-corrected chi connectivity index (χ4v) is 2.67. The largest absolute Gasteiger partial charge is 0.497 e. The number of aromatic nitrogens is 3. The molecule has 0 radical (unpaired) electrons. The van der Waals surface area contributed by atoms with E-state index in [4.69, 9.17) is 20.9 Å². The number of methoxy groups -OCH3 is 2. The third kappa shape index (κ3) is 3.45. The second-order valence-corrected chi connectivity index (χ2v) is 5.42. The molecule has 0 saturated carbocycles. The van der Waals surface area contributed by atoms with Crippen LogP contribution in [0.3, 0.4) is 0 Å². The number of hydrogen-bond acceptors (Lipinski definition) is 7. The molecular formula is C18H19N5O2. The van der Waals surface area contributed by atoms with Crippen LogP contribution in [-0.2, 0) is 0 Å². The van der Waals surface area contributed by atoms with Gasteiger partial charge >= 0.3 is 0 Å².